The first-order chi connectivity index (χ1) is 14.0. The molecule has 0 saturated carbocycles. The molecule has 1 aliphatic rings. The molecule has 0 unspecified atom stereocenters. The molecular formula is C22H24N2O5. The normalized spacial score (nSPS) is 14.3. The number of benzene rings is 2. The van der Waals surface area contributed by atoms with E-state index in [1.807, 2.05) is 30.3 Å². The average Bonchev–Trinajstić information content (AvgIpc) is 2.77. The van der Waals surface area contributed by atoms with Crippen LogP contribution in [0.4, 0.5) is 0 Å². The quantitative estimate of drug-likeness (QED) is 0.723. The molecule has 29 heavy (non-hydrogen) atoms. The number of piperidine rings is 1. The van der Waals surface area contributed by atoms with Gasteiger partial charge in [-0.05, 0) is 42.7 Å². The Hall–Kier alpha value is -3.35. The van der Waals surface area contributed by atoms with Crippen LogP contribution in [0.1, 0.15) is 28.8 Å². The first kappa shape index (κ1) is 20.4. The topological polar surface area (TPSA) is 98.9 Å². The van der Waals surface area contributed by atoms with E-state index in [0.29, 0.717) is 43.9 Å². The van der Waals surface area contributed by atoms with Crippen LogP contribution in [-0.2, 0) is 20.9 Å². The number of esters is 1. The first-order valence-electron chi connectivity index (χ1n) is 9.54. The van der Waals surface area contributed by atoms with Crippen molar-refractivity contribution in [2.45, 2.75) is 19.4 Å². The van der Waals surface area contributed by atoms with Crippen molar-refractivity contribution < 1.29 is 23.9 Å². The molecule has 152 valence electrons. The van der Waals surface area contributed by atoms with Gasteiger partial charge in [-0.1, -0.05) is 30.3 Å². The fourth-order valence-corrected chi connectivity index (χ4v) is 3.14. The lowest BCUT2D eigenvalue weighted by molar-refractivity contribution is -0.137. The molecule has 1 heterocycles. The maximum Gasteiger partial charge on any atom is 0.338 e. The zero-order valence-corrected chi connectivity index (χ0v) is 16.1. The van der Waals surface area contributed by atoms with Crippen LogP contribution in [0.25, 0.3) is 0 Å². The summed E-state index contributed by atoms with van der Waals surface area (Å²) in [4.78, 5) is 37.1. The number of hydrogen-bond acceptors (Lipinski definition) is 5. The number of likely N-dealkylation sites (tertiary alicyclic amines) is 1. The summed E-state index contributed by atoms with van der Waals surface area (Å²) in [6.07, 6.45) is 1.08. The van der Waals surface area contributed by atoms with Gasteiger partial charge in [0.1, 0.15) is 12.4 Å². The number of hydrogen-bond donors (Lipinski definition) is 1. The number of nitrogens with two attached hydrogens (primary N) is 1. The van der Waals surface area contributed by atoms with E-state index in [-0.39, 0.29) is 24.3 Å². The highest BCUT2D eigenvalue weighted by molar-refractivity contribution is 5.91. The predicted molar refractivity (Wildman–Crippen MR) is 106 cm³/mol. The highest BCUT2D eigenvalue weighted by Gasteiger charge is 2.26. The predicted octanol–water partition coefficient (Wildman–Crippen LogP) is 2.15. The zero-order valence-electron chi connectivity index (χ0n) is 16.1. The van der Waals surface area contributed by atoms with Crippen molar-refractivity contribution in [2.24, 2.45) is 11.7 Å². The van der Waals surface area contributed by atoms with Gasteiger partial charge in [-0.3, -0.25) is 9.59 Å². The molecule has 0 radical (unpaired) electrons. The van der Waals surface area contributed by atoms with Crippen molar-refractivity contribution in [1.29, 1.82) is 0 Å². The number of carbonyl (C=O) groups excluding carboxylic acids is 3. The first-order valence-corrected chi connectivity index (χ1v) is 9.54. The van der Waals surface area contributed by atoms with Crippen LogP contribution < -0.4 is 10.5 Å². The smallest absolute Gasteiger partial charge is 0.338 e. The number of rotatable bonds is 7. The van der Waals surface area contributed by atoms with Crippen LogP contribution >= 0.6 is 0 Å². The Morgan fingerprint density at radius 1 is 0.966 bits per heavy atom. The summed E-state index contributed by atoms with van der Waals surface area (Å²) in [6.45, 7) is 0.993. The third-order valence-electron chi connectivity index (χ3n) is 4.92. The zero-order chi connectivity index (χ0) is 20.6. The second kappa shape index (κ2) is 9.73. The largest absolute Gasteiger partial charge is 0.489 e. The van der Waals surface area contributed by atoms with E-state index in [1.54, 1.807) is 29.2 Å². The summed E-state index contributed by atoms with van der Waals surface area (Å²) in [7, 11) is 0. The second-order valence-corrected chi connectivity index (χ2v) is 6.93. The molecule has 1 fully saturated rings. The molecule has 1 saturated heterocycles. The van der Waals surface area contributed by atoms with E-state index in [2.05, 4.69) is 0 Å². The number of ether oxygens (including phenoxy) is 2. The Bertz CT molecular complexity index is 843. The Kier molecular flexibility index (Phi) is 6.84. The molecule has 0 atom stereocenters. The number of nitrogens with zero attached hydrogens (tertiary/aromatic N) is 1. The summed E-state index contributed by atoms with van der Waals surface area (Å²) in [5, 5.41) is 0. The van der Waals surface area contributed by atoms with E-state index < -0.39 is 5.97 Å². The Balaban J connectivity index is 1.43. The molecule has 2 amide bonds. The second-order valence-electron chi connectivity index (χ2n) is 6.93. The third-order valence-corrected chi connectivity index (χ3v) is 4.92. The summed E-state index contributed by atoms with van der Waals surface area (Å²) in [5.74, 6) is -0.730. The van der Waals surface area contributed by atoms with Crippen molar-refractivity contribution in [3.05, 3.63) is 65.7 Å². The fourth-order valence-electron chi connectivity index (χ4n) is 3.14. The molecule has 7 heteroatoms. The van der Waals surface area contributed by atoms with Gasteiger partial charge in [-0.15, -0.1) is 0 Å². The number of carbonyl (C=O) groups is 3. The van der Waals surface area contributed by atoms with Gasteiger partial charge in [0.25, 0.3) is 5.91 Å². The lowest BCUT2D eigenvalue weighted by Gasteiger charge is -2.30. The molecule has 0 aromatic heterocycles. The van der Waals surface area contributed by atoms with Gasteiger partial charge < -0.3 is 20.1 Å². The lowest BCUT2D eigenvalue weighted by atomic mass is 9.96. The van der Waals surface area contributed by atoms with Crippen molar-refractivity contribution in [3.63, 3.8) is 0 Å². The Morgan fingerprint density at radius 3 is 2.24 bits per heavy atom. The van der Waals surface area contributed by atoms with Gasteiger partial charge in [-0.2, -0.15) is 0 Å². The van der Waals surface area contributed by atoms with Crippen LogP contribution in [0.2, 0.25) is 0 Å². The van der Waals surface area contributed by atoms with E-state index in [4.69, 9.17) is 15.2 Å². The van der Waals surface area contributed by atoms with Crippen LogP contribution in [0.15, 0.2) is 54.6 Å². The molecule has 1 aliphatic heterocycles. The average molecular weight is 396 g/mol. The van der Waals surface area contributed by atoms with Gasteiger partial charge in [0.15, 0.2) is 6.61 Å². The molecule has 0 bridgehead atoms. The fraction of sp³-hybridized carbons (Fsp3) is 0.318. The van der Waals surface area contributed by atoms with Gasteiger partial charge in [0, 0.05) is 19.0 Å². The van der Waals surface area contributed by atoms with Gasteiger partial charge >= 0.3 is 5.97 Å². The SMILES string of the molecule is NC(=O)C1CCN(C(=O)COC(=O)c2ccc(OCc3ccccc3)cc2)CC1. The van der Waals surface area contributed by atoms with Crippen LogP contribution in [0, 0.1) is 5.92 Å². The van der Waals surface area contributed by atoms with Crippen molar-refractivity contribution >= 4 is 17.8 Å². The Morgan fingerprint density at radius 2 is 1.62 bits per heavy atom. The molecule has 3 rings (SSSR count). The van der Waals surface area contributed by atoms with E-state index in [9.17, 15) is 14.4 Å². The van der Waals surface area contributed by atoms with Crippen molar-refractivity contribution in [1.82, 2.24) is 4.90 Å². The third kappa shape index (κ3) is 5.81. The maximum atomic E-state index is 12.2. The van der Waals surface area contributed by atoms with Crippen LogP contribution in [0.3, 0.4) is 0 Å². The van der Waals surface area contributed by atoms with Crippen molar-refractivity contribution in [2.75, 3.05) is 19.7 Å². The molecule has 2 aromatic carbocycles. The molecular weight excluding hydrogens is 372 g/mol. The highest BCUT2D eigenvalue weighted by atomic mass is 16.5. The van der Waals surface area contributed by atoms with Crippen LogP contribution in [0.5, 0.6) is 5.75 Å². The van der Waals surface area contributed by atoms with Crippen LogP contribution in [-0.4, -0.2) is 42.4 Å². The summed E-state index contributed by atoms with van der Waals surface area (Å²) in [6, 6.07) is 16.4. The maximum absolute atomic E-state index is 12.2. The number of amides is 2. The number of primary amides is 1. The van der Waals surface area contributed by atoms with E-state index in [0.717, 1.165) is 5.56 Å². The van der Waals surface area contributed by atoms with E-state index in [1.165, 1.54) is 0 Å². The minimum atomic E-state index is -0.569. The molecule has 2 aromatic rings. The Labute approximate surface area is 169 Å². The molecule has 0 aliphatic carbocycles. The minimum absolute atomic E-state index is 0.191. The summed E-state index contributed by atoms with van der Waals surface area (Å²) >= 11 is 0. The standard InChI is InChI=1S/C22H24N2O5/c23-21(26)17-10-12-24(13-11-17)20(25)15-29-22(27)18-6-8-19(9-7-18)28-14-16-4-2-1-3-5-16/h1-9,17H,10-15H2,(H2,23,26). The molecule has 0 spiro atoms. The summed E-state index contributed by atoms with van der Waals surface area (Å²) < 4.78 is 10.8. The highest BCUT2D eigenvalue weighted by Crippen LogP contribution is 2.17. The molecule has 7 nitrogen and oxygen atoms in total. The van der Waals surface area contributed by atoms with Crippen molar-refractivity contribution in [3.8, 4) is 5.75 Å². The summed E-state index contributed by atoms with van der Waals surface area (Å²) in [5.41, 5.74) is 6.69. The van der Waals surface area contributed by atoms with E-state index >= 15 is 0 Å². The monoisotopic (exact) mass is 396 g/mol. The lowest BCUT2D eigenvalue weighted by Crippen LogP contribution is -2.43. The van der Waals surface area contributed by atoms with Gasteiger partial charge in [0.05, 0.1) is 5.56 Å². The van der Waals surface area contributed by atoms with Gasteiger partial charge in [-0.25, -0.2) is 4.79 Å². The molecule has 2 N–H and O–H groups in total. The van der Waals surface area contributed by atoms with Gasteiger partial charge in [0.2, 0.25) is 5.91 Å². The minimum Gasteiger partial charge on any atom is -0.489 e.